The molecular weight excluding hydrogens is 664 g/mol. The number of nitrogens with zero attached hydrogens (tertiary/aromatic N) is 2. The molecule has 0 spiro atoms. The van der Waals surface area contributed by atoms with Crippen LogP contribution in [0.15, 0.2) is 91.5 Å². The zero-order chi connectivity index (χ0) is 31.4. The predicted molar refractivity (Wildman–Crippen MR) is 176 cm³/mol. The summed E-state index contributed by atoms with van der Waals surface area (Å²) in [6.45, 7) is 5.41. The zero-order valence-corrected chi connectivity index (χ0v) is 27.7. The largest absolute Gasteiger partial charge is 0.490 e. The van der Waals surface area contributed by atoms with Crippen LogP contribution in [0.25, 0.3) is 11.8 Å². The SMILES string of the molecule is CCOC(=O)C1=C(c2ccccc2)N=c2s/c(=C\c3cc(Br)c(OC(C)=O)c(OCC)c3)c(=O)n2[C@H]1c1ccc(SC)cc1. The molecule has 4 aromatic rings. The third-order valence-corrected chi connectivity index (χ3v) is 9.00. The number of hydrogen-bond acceptors (Lipinski definition) is 9. The van der Waals surface area contributed by atoms with Crippen LogP contribution in [-0.2, 0) is 14.3 Å². The van der Waals surface area contributed by atoms with Gasteiger partial charge in [0.05, 0.1) is 39.5 Å². The van der Waals surface area contributed by atoms with Crippen molar-refractivity contribution >= 4 is 62.7 Å². The number of aromatic nitrogens is 1. The molecular formula is C33H29BrN2O6S2. The third-order valence-electron chi connectivity index (χ3n) is 6.68. The molecule has 3 aromatic carbocycles. The topological polar surface area (TPSA) is 96.2 Å². The first kappa shape index (κ1) is 31.5. The normalized spacial score (nSPS) is 14.6. The summed E-state index contributed by atoms with van der Waals surface area (Å²) in [4.78, 5) is 45.9. The lowest BCUT2D eigenvalue weighted by Gasteiger charge is -2.26. The van der Waals surface area contributed by atoms with Crippen molar-refractivity contribution in [3.05, 3.63) is 113 Å². The third kappa shape index (κ3) is 6.45. The second-order valence-corrected chi connectivity index (χ2v) is 12.3. The Bertz CT molecular complexity index is 1930. The molecule has 8 nitrogen and oxygen atoms in total. The maximum atomic E-state index is 14.2. The first-order valence-electron chi connectivity index (χ1n) is 13.8. The summed E-state index contributed by atoms with van der Waals surface area (Å²) in [6.07, 6.45) is 3.72. The highest BCUT2D eigenvalue weighted by atomic mass is 79.9. The van der Waals surface area contributed by atoms with Crippen LogP contribution in [0.3, 0.4) is 0 Å². The second-order valence-electron chi connectivity index (χ2n) is 9.56. The fraction of sp³-hybridized carbons (Fsp3) is 0.212. The maximum absolute atomic E-state index is 14.2. The molecule has 0 unspecified atom stereocenters. The van der Waals surface area contributed by atoms with Crippen LogP contribution >= 0.6 is 39.0 Å². The summed E-state index contributed by atoms with van der Waals surface area (Å²) in [5, 5.41) is 0. The number of hydrogen-bond donors (Lipinski definition) is 0. The van der Waals surface area contributed by atoms with E-state index in [1.54, 1.807) is 41.5 Å². The molecule has 44 heavy (non-hydrogen) atoms. The van der Waals surface area contributed by atoms with Crippen LogP contribution in [-0.4, -0.2) is 36.0 Å². The number of halogens is 1. The monoisotopic (exact) mass is 692 g/mol. The minimum absolute atomic E-state index is 0.174. The first-order valence-corrected chi connectivity index (χ1v) is 16.7. The molecule has 0 radical (unpaired) electrons. The molecule has 1 aliphatic heterocycles. The van der Waals surface area contributed by atoms with Gasteiger partial charge < -0.3 is 14.2 Å². The molecule has 0 fully saturated rings. The lowest BCUT2D eigenvalue weighted by molar-refractivity contribution is -0.139. The number of benzene rings is 3. The van der Waals surface area contributed by atoms with Crippen molar-refractivity contribution < 1.29 is 23.8 Å². The molecule has 226 valence electrons. The summed E-state index contributed by atoms with van der Waals surface area (Å²) in [6, 6.07) is 19.9. The number of carbonyl (C=O) groups excluding carboxylic acids is 2. The number of thioether (sulfide) groups is 1. The van der Waals surface area contributed by atoms with E-state index >= 15 is 0 Å². The highest BCUT2D eigenvalue weighted by Gasteiger charge is 2.35. The Hall–Kier alpha value is -3.93. The van der Waals surface area contributed by atoms with Gasteiger partial charge >= 0.3 is 11.9 Å². The van der Waals surface area contributed by atoms with E-state index in [1.165, 1.54) is 18.3 Å². The Morgan fingerprint density at radius 3 is 2.43 bits per heavy atom. The van der Waals surface area contributed by atoms with E-state index < -0.39 is 18.0 Å². The molecule has 0 N–H and O–H groups in total. The molecule has 0 amide bonds. The Kier molecular flexibility index (Phi) is 9.87. The maximum Gasteiger partial charge on any atom is 0.338 e. The van der Waals surface area contributed by atoms with E-state index in [1.807, 2.05) is 67.8 Å². The van der Waals surface area contributed by atoms with E-state index in [9.17, 15) is 14.4 Å². The van der Waals surface area contributed by atoms with Crippen LogP contribution in [0.2, 0.25) is 0 Å². The van der Waals surface area contributed by atoms with Gasteiger partial charge in [0, 0.05) is 17.4 Å². The molecule has 0 saturated heterocycles. The van der Waals surface area contributed by atoms with Crippen molar-refractivity contribution in [3.63, 3.8) is 0 Å². The van der Waals surface area contributed by atoms with Crippen molar-refractivity contribution in [2.45, 2.75) is 31.7 Å². The number of fused-ring (bicyclic) bond motifs is 1. The van der Waals surface area contributed by atoms with Crippen LogP contribution in [0.1, 0.15) is 43.5 Å². The van der Waals surface area contributed by atoms with Gasteiger partial charge in [-0.25, -0.2) is 9.79 Å². The molecule has 0 bridgehead atoms. The lowest BCUT2D eigenvalue weighted by atomic mass is 9.93. The van der Waals surface area contributed by atoms with Crippen LogP contribution in [0.5, 0.6) is 11.5 Å². The van der Waals surface area contributed by atoms with Gasteiger partial charge in [-0.15, -0.1) is 11.8 Å². The van der Waals surface area contributed by atoms with E-state index in [2.05, 4.69) is 15.9 Å². The van der Waals surface area contributed by atoms with Gasteiger partial charge in [-0.3, -0.25) is 14.2 Å². The highest BCUT2D eigenvalue weighted by Crippen LogP contribution is 2.38. The fourth-order valence-corrected chi connectivity index (χ4v) is 6.82. The minimum Gasteiger partial charge on any atom is -0.490 e. The average molecular weight is 694 g/mol. The van der Waals surface area contributed by atoms with Crippen molar-refractivity contribution in [3.8, 4) is 11.5 Å². The van der Waals surface area contributed by atoms with Gasteiger partial charge in [-0.1, -0.05) is 53.8 Å². The molecule has 11 heteroatoms. The Balaban J connectivity index is 1.77. The van der Waals surface area contributed by atoms with Crippen molar-refractivity contribution in [2.24, 2.45) is 4.99 Å². The summed E-state index contributed by atoms with van der Waals surface area (Å²) < 4.78 is 19.1. The van der Waals surface area contributed by atoms with E-state index in [-0.39, 0.29) is 17.9 Å². The van der Waals surface area contributed by atoms with Crippen molar-refractivity contribution in [2.75, 3.05) is 19.5 Å². The number of ether oxygens (including phenoxy) is 3. The van der Waals surface area contributed by atoms with Crippen molar-refractivity contribution in [1.82, 2.24) is 4.57 Å². The quantitative estimate of drug-likeness (QED) is 0.125. The Morgan fingerprint density at radius 1 is 1.07 bits per heavy atom. The number of thiazole rings is 1. The Morgan fingerprint density at radius 2 is 1.80 bits per heavy atom. The molecule has 5 rings (SSSR count). The lowest BCUT2D eigenvalue weighted by Crippen LogP contribution is -2.40. The summed E-state index contributed by atoms with van der Waals surface area (Å²) in [7, 11) is 0. The zero-order valence-electron chi connectivity index (χ0n) is 24.5. The van der Waals surface area contributed by atoms with Crippen LogP contribution < -0.4 is 24.4 Å². The molecule has 2 heterocycles. The molecule has 1 aromatic heterocycles. The predicted octanol–water partition coefficient (Wildman–Crippen LogP) is 5.74. The minimum atomic E-state index is -0.768. The Labute approximate surface area is 270 Å². The fourth-order valence-electron chi connectivity index (χ4n) is 4.87. The number of esters is 2. The highest BCUT2D eigenvalue weighted by molar-refractivity contribution is 9.10. The van der Waals surface area contributed by atoms with Gasteiger partial charge in [0.15, 0.2) is 16.3 Å². The van der Waals surface area contributed by atoms with Gasteiger partial charge in [0.2, 0.25) is 0 Å². The smallest absolute Gasteiger partial charge is 0.338 e. The molecule has 1 atom stereocenters. The summed E-state index contributed by atoms with van der Waals surface area (Å²) in [5.41, 5.74) is 2.60. The average Bonchev–Trinajstić information content (AvgIpc) is 3.32. The van der Waals surface area contributed by atoms with Crippen molar-refractivity contribution in [1.29, 1.82) is 0 Å². The van der Waals surface area contributed by atoms with Gasteiger partial charge in [-0.05, 0) is 77.5 Å². The van der Waals surface area contributed by atoms with E-state index in [0.29, 0.717) is 43.0 Å². The van der Waals surface area contributed by atoms with E-state index in [0.717, 1.165) is 16.0 Å². The molecule has 0 aliphatic carbocycles. The summed E-state index contributed by atoms with van der Waals surface area (Å²) in [5.74, 6) is -0.392. The van der Waals surface area contributed by atoms with Gasteiger partial charge in [0.25, 0.3) is 5.56 Å². The standard InChI is InChI=1S/C33H29BrN2O6S2/c1-5-40-25-17-20(16-24(34)30(25)42-19(3)37)18-26-31(38)36-29(22-12-14-23(43-4)15-13-22)27(32(39)41-6-2)28(35-33(36)44-26)21-10-8-7-9-11-21/h7-18,29H,5-6H2,1-4H3/b26-18-/t29-/m0/s1. The molecule has 1 aliphatic rings. The second kappa shape index (κ2) is 13.8. The first-order chi connectivity index (χ1) is 21.2. The number of carbonyl (C=O) groups is 2. The summed E-state index contributed by atoms with van der Waals surface area (Å²) >= 11 is 6.30. The van der Waals surface area contributed by atoms with Gasteiger partial charge in [0.1, 0.15) is 0 Å². The van der Waals surface area contributed by atoms with Crippen LogP contribution in [0.4, 0.5) is 0 Å². The van der Waals surface area contributed by atoms with Gasteiger partial charge in [-0.2, -0.15) is 0 Å². The van der Waals surface area contributed by atoms with E-state index in [4.69, 9.17) is 19.2 Å². The van der Waals surface area contributed by atoms with Crippen LogP contribution in [0, 0.1) is 0 Å². The molecule has 0 saturated carbocycles. The number of rotatable bonds is 9.